The van der Waals surface area contributed by atoms with E-state index >= 15 is 0 Å². The minimum absolute atomic E-state index is 0.327. The molecule has 0 aliphatic carbocycles. The van der Waals surface area contributed by atoms with Crippen LogP contribution in [-0.4, -0.2) is 64.2 Å². The minimum Gasteiger partial charge on any atom is -0.495 e. The standard InChI is InChI=1S/C21H24ClN3O4/c1-24-8-10-25(11-9-24)18-6-4-15(21(27)29-3)13-17(18)23-20(26)14-5-7-19(28-2)16(22)12-14/h4-7,12-13H,8-11H2,1-3H3,(H,23,26). The normalized spacial score (nSPS) is 14.4. The highest BCUT2D eigenvalue weighted by atomic mass is 35.5. The van der Waals surface area contributed by atoms with Crippen LogP contribution in [0.2, 0.25) is 5.02 Å². The first kappa shape index (κ1) is 21.0. The van der Waals surface area contributed by atoms with Gasteiger partial charge in [0.2, 0.25) is 0 Å². The van der Waals surface area contributed by atoms with Crippen LogP contribution in [0.25, 0.3) is 0 Å². The Morgan fingerprint density at radius 2 is 1.69 bits per heavy atom. The molecule has 0 spiro atoms. The number of carbonyl (C=O) groups excluding carboxylic acids is 2. The molecule has 1 aliphatic rings. The molecule has 1 aliphatic heterocycles. The third kappa shape index (κ3) is 4.81. The molecule has 0 saturated carbocycles. The lowest BCUT2D eigenvalue weighted by atomic mass is 10.1. The molecule has 1 fully saturated rings. The fraction of sp³-hybridized carbons (Fsp3) is 0.333. The maximum atomic E-state index is 12.9. The van der Waals surface area contributed by atoms with Crippen LogP contribution >= 0.6 is 11.6 Å². The molecule has 0 radical (unpaired) electrons. The summed E-state index contributed by atoms with van der Waals surface area (Å²) < 4.78 is 9.95. The molecule has 2 aromatic rings. The Labute approximate surface area is 175 Å². The largest absolute Gasteiger partial charge is 0.495 e. The molecule has 2 aromatic carbocycles. The molecular weight excluding hydrogens is 394 g/mol. The number of nitrogens with zero attached hydrogens (tertiary/aromatic N) is 2. The van der Waals surface area contributed by atoms with Crippen molar-refractivity contribution in [3.05, 3.63) is 52.5 Å². The summed E-state index contributed by atoms with van der Waals surface area (Å²) in [6, 6.07) is 10.0. The lowest BCUT2D eigenvalue weighted by Gasteiger charge is -2.35. The molecule has 1 saturated heterocycles. The zero-order chi connectivity index (χ0) is 21.0. The first-order chi connectivity index (χ1) is 13.9. The molecule has 29 heavy (non-hydrogen) atoms. The van der Waals surface area contributed by atoms with E-state index < -0.39 is 5.97 Å². The van der Waals surface area contributed by atoms with E-state index in [2.05, 4.69) is 22.2 Å². The Morgan fingerprint density at radius 1 is 1.00 bits per heavy atom. The monoisotopic (exact) mass is 417 g/mol. The Kier molecular flexibility index (Phi) is 6.61. The van der Waals surface area contributed by atoms with Crippen molar-refractivity contribution in [3.63, 3.8) is 0 Å². The van der Waals surface area contributed by atoms with Gasteiger partial charge >= 0.3 is 5.97 Å². The first-order valence-corrected chi connectivity index (χ1v) is 9.61. The van der Waals surface area contributed by atoms with Gasteiger partial charge in [-0.15, -0.1) is 0 Å². The van der Waals surface area contributed by atoms with Crippen molar-refractivity contribution in [2.24, 2.45) is 0 Å². The molecule has 1 N–H and O–H groups in total. The summed E-state index contributed by atoms with van der Waals surface area (Å²) in [6.45, 7) is 3.48. The second-order valence-corrected chi connectivity index (χ2v) is 7.22. The summed E-state index contributed by atoms with van der Waals surface area (Å²) in [4.78, 5) is 29.3. The fourth-order valence-corrected chi connectivity index (χ4v) is 3.46. The minimum atomic E-state index is -0.460. The van der Waals surface area contributed by atoms with Crippen molar-refractivity contribution in [2.45, 2.75) is 0 Å². The average molecular weight is 418 g/mol. The third-order valence-corrected chi connectivity index (χ3v) is 5.22. The summed E-state index contributed by atoms with van der Waals surface area (Å²) in [6.07, 6.45) is 0. The van der Waals surface area contributed by atoms with Crippen molar-refractivity contribution in [1.29, 1.82) is 0 Å². The lowest BCUT2D eigenvalue weighted by Crippen LogP contribution is -2.44. The van der Waals surface area contributed by atoms with Crippen molar-refractivity contribution in [3.8, 4) is 5.75 Å². The number of carbonyl (C=O) groups is 2. The lowest BCUT2D eigenvalue weighted by molar-refractivity contribution is 0.0600. The maximum Gasteiger partial charge on any atom is 0.337 e. The second kappa shape index (κ2) is 9.15. The maximum absolute atomic E-state index is 12.9. The summed E-state index contributed by atoms with van der Waals surface area (Å²) >= 11 is 6.15. The third-order valence-electron chi connectivity index (χ3n) is 4.92. The van der Waals surface area contributed by atoms with Crippen LogP contribution in [0.4, 0.5) is 11.4 Å². The van der Waals surface area contributed by atoms with Crippen molar-refractivity contribution in [2.75, 3.05) is 57.7 Å². The Morgan fingerprint density at radius 3 is 2.31 bits per heavy atom. The number of likely N-dealkylation sites (N-methyl/N-ethyl adjacent to an activating group) is 1. The summed E-state index contributed by atoms with van der Waals surface area (Å²) in [5, 5.41) is 3.27. The van der Waals surface area contributed by atoms with Crippen molar-refractivity contribution in [1.82, 2.24) is 4.90 Å². The Balaban J connectivity index is 1.91. The van der Waals surface area contributed by atoms with Gasteiger partial charge in [0.05, 0.1) is 36.2 Å². The number of hydrogen-bond donors (Lipinski definition) is 1. The number of ether oxygens (including phenoxy) is 2. The molecule has 8 heteroatoms. The number of amides is 1. The van der Waals surface area contributed by atoms with Crippen LogP contribution in [0.15, 0.2) is 36.4 Å². The number of esters is 1. The molecule has 0 atom stereocenters. The van der Waals surface area contributed by atoms with Gasteiger partial charge in [0, 0.05) is 31.7 Å². The number of rotatable bonds is 5. The van der Waals surface area contributed by atoms with Gasteiger partial charge in [0.15, 0.2) is 0 Å². The van der Waals surface area contributed by atoms with Gasteiger partial charge in [-0.2, -0.15) is 0 Å². The first-order valence-electron chi connectivity index (χ1n) is 9.23. The number of halogens is 1. The molecule has 7 nitrogen and oxygen atoms in total. The molecule has 1 heterocycles. The van der Waals surface area contributed by atoms with Gasteiger partial charge in [-0.1, -0.05) is 11.6 Å². The highest BCUT2D eigenvalue weighted by Gasteiger charge is 2.20. The second-order valence-electron chi connectivity index (χ2n) is 6.82. The highest BCUT2D eigenvalue weighted by Crippen LogP contribution is 2.30. The molecule has 154 valence electrons. The van der Waals surface area contributed by atoms with E-state index in [1.165, 1.54) is 14.2 Å². The molecule has 0 unspecified atom stereocenters. The van der Waals surface area contributed by atoms with E-state index in [1.54, 1.807) is 30.3 Å². The van der Waals surface area contributed by atoms with Crippen LogP contribution in [0, 0.1) is 0 Å². The topological polar surface area (TPSA) is 71.1 Å². The van der Waals surface area contributed by atoms with Crippen molar-refractivity contribution >= 4 is 34.9 Å². The Bertz CT molecular complexity index is 911. The van der Waals surface area contributed by atoms with Gasteiger partial charge < -0.3 is 24.6 Å². The number of methoxy groups -OCH3 is 2. The van der Waals surface area contributed by atoms with Crippen LogP contribution in [0.3, 0.4) is 0 Å². The predicted octanol–water partition coefficient (Wildman–Crippen LogP) is 3.14. The van der Waals surface area contributed by atoms with E-state index in [-0.39, 0.29) is 5.91 Å². The average Bonchev–Trinajstić information content (AvgIpc) is 2.73. The summed E-state index contributed by atoms with van der Waals surface area (Å²) in [5.41, 5.74) is 2.17. The number of hydrogen-bond acceptors (Lipinski definition) is 6. The van der Waals surface area contributed by atoms with E-state index in [9.17, 15) is 9.59 Å². The van der Waals surface area contributed by atoms with Gasteiger partial charge in [0.1, 0.15) is 5.75 Å². The SMILES string of the molecule is COC(=O)c1ccc(N2CCN(C)CC2)c(NC(=O)c2ccc(OC)c(Cl)c2)c1. The van der Waals surface area contributed by atoms with Gasteiger partial charge in [-0.25, -0.2) is 4.79 Å². The van der Waals surface area contributed by atoms with Crippen LogP contribution in [0.1, 0.15) is 20.7 Å². The summed E-state index contributed by atoms with van der Waals surface area (Å²) in [5.74, 6) is -0.293. The quantitative estimate of drug-likeness (QED) is 0.753. The molecular formula is C21H24ClN3O4. The van der Waals surface area contributed by atoms with Crippen molar-refractivity contribution < 1.29 is 19.1 Å². The van der Waals surface area contributed by atoms with E-state index in [0.717, 1.165) is 31.9 Å². The van der Waals surface area contributed by atoms with Crippen LogP contribution in [-0.2, 0) is 4.74 Å². The zero-order valence-corrected chi connectivity index (χ0v) is 17.5. The fourth-order valence-electron chi connectivity index (χ4n) is 3.21. The molecule has 1 amide bonds. The summed E-state index contributed by atoms with van der Waals surface area (Å²) in [7, 11) is 4.92. The number of piperazine rings is 1. The van der Waals surface area contributed by atoms with Gasteiger partial charge in [-0.05, 0) is 43.4 Å². The molecule has 0 aromatic heterocycles. The highest BCUT2D eigenvalue weighted by molar-refractivity contribution is 6.32. The number of anilines is 2. The zero-order valence-electron chi connectivity index (χ0n) is 16.7. The van der Waals surface area contributed by atoms with Crippen LogP contribution in [0.5, 0.6) is 5.75 Å². The van der Waals surface area contributed by atoms with E-state index in [1.807, 2.05) is 6.07 Å². The molecule has 3 rings (SSSR count). The Hall–Kier alpha value is -2.77. The van der Waals surface area contributed by atoms with Gasteiger partial charge in [-0.3, -0.25) is 4.79 Å². The smallest absolute Gasteiger partial charge is 0.337 e. The van der Waals surface area contributed by atoms with Gasteiger partial charge in [0.25, 0.3) is 5.91 Å². The van der Waals surface area contributed by atoms with E-state index in [4.69, 9.17) is 21.1 Å². The number of nitrogens with one attached hydrogen (secondary N) is 1. The van der Waals surface area contributed by atoms with E-state index in [0.29, 0.717) is 27.6 Å². The van der Waals surface area contributed by atoms with Crippen LogP contribution < -0.4 is 15.0 Å². The molecule has 0 bridgehead atoms. The predicted molar refractivity (Wildman–Crippen MR) is 113 cm³/mol. The number of benzene rings is 2.